The quantitative estimate of drug-likeness (QED) is 0.658. The molecule has 1 spiro atoms. The molecule has 2 aromatic carbocycles. The molecule has 33 heavy (non-hydrogen) atoms. The largest absolute Gasteiger partial charge is 0.466 e. The van der Waals surface area contributed by atoms with Gasteiger partial charge in [0.2, 0.25) is 5.91 Å². The van der Waals surface area contributed by atoms with Crippen LogP contribution in [0.1, 0.15) is 30.4 Å². The molecule has 8 heteroatoms. The van der Waals surface area contributed by atoms with Crippen LogP contribution in [0.25, 0.3) is 0 Å². The predicted octanol–water partition coefficient (Wildman–Crippen LogP) is 3.71. The van der Waals surface area contributed by atoms with Crippen LogP contribution in [-0.2, 0) is 24.5 Å². The smallest absolute Gasteiger partial charge is 0.339 e. The summed E-state index contributed by atoms with van der Waals surface area (Å²) in [6.45, 7) is 1.92. The van der Waals surface area contributed by atoms with Crippen molar-refractivity contribution in [1.29, 1.82) is 0 Å². The lowest BCUT2D eigenvalue weighted by molar-refractivity contribution is -0.138. The molecule has 5 rings (SSSR count). The number of hydrogen-bond acceptors (Lipinski definition) is 6. The van der Waals surface area contributed by atoms with Gasteiger partial charge in [-0.25, -0.2) is 4.79 Å². The number of ketones is 1. The van der Waals surface area contributed by atoms with Gasteiger partial charge in [-0.2, -0.15) is 0 Å². The molecule has 1 atom stereocenters. The van der Waals surface area contributed by atoms with Gasteiger partial charge in [0.15, 0.2) is 5.78 Å². The maximum Gasteiger partial charge on any atom is 0.339 e. The number of hydrogen-bond donors (Lipinski definition) is 2. The summed E-state index contributed by atoms with van der Waals surface area (Å²) in [5, 5.41) is 3.21. The second-order valence-corrected chi connectivity index (χ2v) is 8.80. The van der Waals surface area contributed by atoms with Crippen LogP contribution >= 0.6 is 11.6 Å². The van der Waals surface area contributed by atoms with Crippen molar-refractivity contribution in [1.82, 2.24) is 0 Å². The Kier molecular flexibility index (Phi) is 4.83. The molecule has 1 aliphatic carbocycles. The summed E-state index contributed by atoms with van der Waals surface area (Å²) in [5.41, 5.74) is 8.32. The lowest BCUT2D eigenvalue weighted by Crippen LogP contribution is -2.53. The van der Waals surface area contributed by atoms with E-state index in [1.165, 1.54) is 7.11 Å². The Morgan fingerprint density at radius 3 is 2.67 bits per heavy atom. The molecule has 3 aliphatic rings. The Labute approximate surface area is 195 Å². The van der Waals surface area contributed by atoms with E-state index in [0.29, 0.717) is 34.8 Å². The van der Waals surface area contributed by atoms with Gasteiger partial charge in [-0.3, -0.25) is 14.5 Å². The van der Waals surface area contributed by atoms with E-state index in [1.54, 1.807) is 23.1 Å². The van der Waals surface area contributed by atoms with E-state index >= 15 is 0 Å². The highest BCUT2D eigenvalue weighted by Crippen LogP contribution is 2.56. The average molecular weight is 464 g/mol. The summed E-state index contributed by atoms with van der Waals surface area (Å²) in [4.78, 5) is 42.3. The number of halogens is 1. The number of ether oxygens (including phenoxy) is 1. The van der Waals surface area contributed by atoms with Gasteiger partial charge in [-0.05, 0) is 49.6 Å². The SMILES string of the molecule is COC(=O)C1=C(N)N(c2ccccc2C)C2=C(C(=O)CCC2)C12C(=O)Nc1ccc(Cl)cc12. The Bertz CT molecular complexity index is 1310. The Hall–Kier alpha value is -3.58. The number of para-hydroxylation sites is 1. The van der Waals surface area contributed by atoms with Crippen molar-refractivity contribution in [3.63, 3.8) is 0 Å². The van der Waals surface area contributed by atoms with Gasteiger partial charge in [0.25, 0.3) is 0 Å². The highest BCUT2D eigenvalue weighted by molar-refractivity contribution is 6.31. The third-order valence-electron chi connectivity index (χ3n) is 6.62. The molecule has 168 valence electrons. The third-order valence-corrected chi connectivity index (χ3v) is 6.86. The van der Waals surface area contributed by atoms with Gasteiger partial charge in [0.05, 0.1) is 12.8 Å². The first kappa shape index (κ1) is 21.3. The maximum absolute atomic E-state index is 13.7. The summed E-state index contributed by atoms with van der Waals surface area (Å²) in [6.07, 6.45) is 1.40. The number of aryl methyl sites for hydroxylation is 1. The number of allylic oxidation sites excluding steroid dienone is 1. The second kappa shape index (κ2) is 7.49. The number of methoxy groups -OCH3 is 1. The van der Waals surface area contributed by atoms with Crippen LogP contribution in [0.4, 0.5) is 11.4 Å². The summed E-state index contributed by atoms with van der Waals surface area (Å²) in [6, 6.07) is 12.5. The van der Waals surface area contributed by atoms with Gasteiger partial charge in [-0.1, -0.05) is 29.8 Å². The van der Waals surface area contributed by atoms with Crippen LogP contribution < -0.4 is 16.0 Å². The Balaban J connectivity index is 1.94. The number of esters is 1. The van der Waals surface area contributed by atoms with Crippen molar-refractivity contribution in [3.05, 3.63) is 81.3 Å². The Morgan fingerprint density at radius 2 is 1.94 bits per heavy atom. The summed E-state index contributed by atoms with van der Waals surface area (Å²) >= 11 is 6.31. The second-order valence-electron chi connectivity index (χ2n) is 8.37. The molecule has 2 aliphatic heterocycles. The molecule has 0 aromatic heterocycles. The van der Waals surface area contributed by atoms with Crippen LogP contribution in [0, 0.1) is 6.92 Å². The first-order valence-corrected chi connectivity index (χ1v) is 11.0. The summed E-state index contributed by atoms with van der Waals surface area (Å²) in [5.74, 6) is -1.44. The van der Waals surface area contributed by atoms with Gasteiger partial charge in [0, 0.05) is 34.0 Å². The van der Waals surface area contributed by atoms with Gasteiger partial charge >= 0.3 is 5.97 Å². The number of carbonyl (C=O) groups is 3. The molecule has 1 amide bonds. The van der Waals surface area contributed by atoms with E-state index in [9.17, 15) is 14.4 Å². The Morgan fingerprint density at radius 1 is 1.18 bits per heavy atom. The van der Waals surface area contributed by atoms with E-state index in [0.717, 1.165) is 11.3 Å². The molecular formula is C25H22ClN3O4. The van der Waals surface area contributed by atoms with Crippen LogP contribution in [0.5, 0.6) is 0 Å². The number of amides is 1. The first-order chi connectivity index (χ1) is 15.8. The molecule has 0 saturated heterocycles. The lowest BCUT2D eigenvalue weighted by atomic mass is 9.63. The van der Waals surface area contributed by atoms with Crippen LogP contribution in [-0.4, -0.2) is 24.8 Å². The van der Waals surface area contributed by atoms with Crippen molar-refractivity contribution in [2.45, 2.75) is 31.6 Å². The average Bonchev–Trinajstić information content (AvgIpc) is 3.06. The molecule has 0 radical (unpaired) electrons. The maximum atomic E-state index is 13.7. The van der Waals surface area contributed by atoms with Crippen molar-refractivity contribution >= 4 is 40.6 Å². The number of nitrogens with two attached hydrogens (primary N) is 1. The molecule has 0 fully saturated rings. The number of rotatable bonds is 2. The molecule has 2 aromatic rings. The standard InChI is InChI=1S/C25H22ClN3O4/c1-13-6-3-4-7-17(13)29-18-8-5-9-19(30)20(18)25(21(22(29)27)23(31)33-2)15-12-14(26)10-11-16(15)28-24(25)32/h3-4,6-7,10-12H,5,8-9,27H2,1-2H3,(H,28,32). The molecule has 3 N–H and O–H groups in total. The zero-order valence-electron chi connectivity index (χ0n) is 18.2. The number of fused-ring (bicyclic) bond motifs is 3. The zero-order chi connectivity index (χ0) is 23.5. The van der Waals surface area contributed by atoms with Gasteiger partial charge < -0.3 is 15.8 Å². The van der Waals surface area contributed by atoms with Crippen molar-refractivity contribution in [3.8, 4) is 0 Å². The first-order valence-electron chi connectivity index (χ1n) is 10.6. The number of benzene rings is 2. The lowest BCUT2D eigenvalue weighted by Gasteiger charge is -2.44. The van der Waals surface area contributed by atoms with E-state index in [4.69, 9.17) is 22.1 Å². The number of anilines is 2. The minimum Gasteiger partial charge on any atom is -0.466 e. The fourth-order valence-corrected chi connectivity index (χ4v) is 5.44. The number of nitrogens with one attached hydrogen (secondary N) is 1. The fourth-order valence-electron chi connectivity index (χ4n) is 5.27. The van der Waals surface area contributed by atoms with Gasteiger partial charge in [-0.15, -0.1) is 0 Å². The molecule has 2 heterocycles. The number of Topliss-reactive ketones (excluding diaryl/α,β-unsaturated/α-hetero) is 1. The van der Waals surface area contributed by atoms with Crippen LogP contribution in [0.2, 0.25) is 5.02 Å². The summed E-state index contributed by atoms with van der Waals surface area (Å²) in [7, 11) is 1.23. The summed E-state index contributed by atoms with van der Waals surface area (Å²) < 4.78 is 5.12. The molecule has 0 bridgehead atoms. The van der Waals surface area contributed by atoms with Crippen LogP contribution in [0.15, 0.2) is 65.1 Å². The number of nitrogens with zero attached hydrogens (tertiary/aromatic N) is 1. The van der Waals surface area contributed by atoms with E-state index in [2.05, 4.69) is 5.32 Å². The van der Waals surface area contributed by atoms with E-state index in [-0.39, 0.29) is 29.2 Å². The van der Waals surface area contributed by atoms with E-state index < -0.39 is 17.3 Å². The minimum absolute atomic E-state index is 0.0626. The molecule has 1 unspecified atom stereocenters. The molecular weight excluding hydrogens is 442 g/mol. The fraction of sp³-hybridized carbons (Fsp3) is 0.240. The predicted molar refractivity (Wildman–Crippen MR) is 125 cm³/mol. The molecule has 7 nitrogen and oxygen atoms in total. The third kappa shape index (κ3) is 2.78. The minimum atomic E-state index is -1.73. The van der Waals surface area contributed by atoms with Crippen molar-refractivity contribution < 1.29 is 19.1 Å². The topological polar surface area (TPSA) is 102 Å². The monoisotopic (exact) mass is 463 g/mol. The van der Waals surface area contributed by atoms with E-state index in [1.807, 2.05) is 31.2 Å². The van der Waals surface area contributed by atoms with Crippen molar-refractivity contribution in [2.75, 3.05) is 17.3 Å². The van der Waals surface area contributed by atoms with Crippen LogP contribution in [0.3, 0.4) is 0 Å². The molecule has 0 saturated carbocycles. The van der Waals surface area contributed by atoms with Gasteiger partial charge in [0.1, 0.15) is 16.8 Å². The highest BCUT2D eigenvalue weighted by atomic mass is 35.5. The normalized spacial score (nSPS) is 21.8. The van der Waals surface area contributed by atoms with Crippen molar-refractivity contribution in [2.24, 2.45) is 5.73 Å². The number of carbonyl (C=O) groups excluding carboxylic acids is 3. The zero-order valence-corrected chi connectivity index (χ0v) is 19.0. The highest BCUT2D eigenvalue weighted by Gasteiger charge is 2.62.